The van der Waals surface area contributed by atoms with Gasteiger partial charge in [-0.15, -0.1) is 0 Å². The van der Waals surface area contributed by atoms with Crippen LogP contribution >= 0.6 is 0 Å². The average Bonchev–Trinajstić information content (AvgIpc) is 2.78. The van der Waals surface area contributed by atoms with Crippen molar-refractivity contribution in [2.45, 2.75) is 38.5 Å². The molecule has 1 aliphatic rings. The molecule has 1 heterocycles. The van der Waals surface area contributed by atoms with Gasteiger partial charge in [-0.1, -0.05) is 6.07 Å². The second-order valence-corrected chi connectivity index (χ2v) is 5.35. The van der Waals surface area contributed by atoms with Crippen LogP contribution in [0.15, 0.2) is 18.2 Å². The molecule has 19 heavy (non-hydrogen) atoms. The van der Waals surface area contributed by atoms with Gasteiger partial charge in [0.25, 0.3) is 0 Å². The highest BCUT2D eigenvalue weighted by Gasteiger charge is 2.32. The number of rotatable bonds is 4. The van der Waals surface area contributed by atoms with Gasteiger partial charge in [-0.25, -0.2) is 4.39 Å². The normalized spacial score (nSPS) is 24.9. The standard InChI is InChI=1S/C15H23FN2O/c1-10-8-12(16)4-5-13(10)15(9-17)18(3)14-6-7-19-11(14)2/h4-5,8,11,14-15H,6-7,9,17H2,1-3H3. The van der Waals surface area contributed by atoms with E-state index >= 15 is 0 Å². The van der Waals surface area contributed by atoms with Crippen LogP contribution in [-0.4, -0.2) is 37.2 Å². The predicted molar refractivity (Wildman–Crippen MR) is 74.5 cm³/mol. The highest BCUT2D eigenvalue weighted by Crippen LogP contribution is 2.29. The number of hydrogen-bond acceptors (Lipinski definition) is 3. The number of ether oxygens (including phenoxy) is 1. The monoisotopic (exact) mass is 266 g/mol. The topological polar surface area (TPSA) is 38.5 Å². The van der Waals surface area contributed by atoms with E-state index in [1.54, 1.807) is 6.07 Å². The number of nitrogens with zero attached hydrogens (tertiary/aromatic N) is 1. The Labute approximate surface area is 114 Å². The van der Waals surface area contributed by atoms with E-state index in [0.717, 1.165) is 24.2 Å². The molecule has 2 rings (SSSR count). The lowest BCUT2D eigenvalue weighted by atomic mass is 9.97. The lowest BCUT2D eigenvalue weighted by Crippen LogP contribution is -2.42. The second kappa shape index (κ2) is 5.99. The minimum Gasteiger partial charge on any atom is -0.377 e. The number of likely N-dealkylation sites (N-methyl/N-ethyl adjacent to an activating group) is 1. The molecule has 0 radical (unpaired) electrons. The molecule has 0 bridgehead atoms. The Morgan fingerprint density at radius 2 is 2.26 bits per heavy atom. The maximum Gasteiger partial charge on any atom is 0.123 e. The van der Waals surface area contributed by atoms with Gasteiger partial charge in [-0.3, -0.25) is 4.90 Å². The van der Waals surface area contributed by atoms with E-state index in [1.807, 2.05) is 13.0 Å². The van der Waals surface area contributed by atoms with Crippen molar-refractivity contribution in [3.05, 3.63) is 35.1 Å². The van der Waals surface area contributed by atoms with Crippen LogP contribution in [0.5, 0.6) is 0 Å². The summed E-state index contributed by atoms with van der Waals surface area (Å²) >= 11 is 0. The van der Waals surface area contributed by atoms with E-state index in [4.69, 9.17) is 10.5 Å². The fraction of sp³-hybridized carbons (Fsp3) is 0.600. The van der Waals surface area contributed by atoms with Crippen molar-refractivity contribution in [3.8, 4) is 0 Å². The van der Waals surface area contributed by atoms with Gasteiger partial charge in [0, 0.05) is 25.2 Å². The second-order valence-electron chi connectivity index (χ2n) is 5.35. The van der Waals surface area contributed by atoms with Gasteiger partial charge in [0.05, 0.1) is 6.10 Å². The van der Waals surface area contributed by atoms with Gasteiger partial charge in [-0.2, -0.15) is 0 Å². The molecule has 0 aliphatic carbocycles. The van der Waals surface area contributed by atoms with Crippen molar-refractivity contribution in [3.63, 3.8) is 0 Å². The number of aryl methyl sites for hydroxylation is 1. The summed E-state index contributed by atoms with van der Waals surface area (Å²) in [6.07, 6.45) is 1.24. The number of halogens is 1. The van der Waals surface area contributed by atoms with Gasteiger partial charge in [0.1, 0.15) is 5.82 Å². The van der Waals surface area contributed by atoms with E-state index < -0.39 is 0 Å². The molecule has 0 aromatic heterocycles. The molecule has 3 unspecified atom stereocenters. The molecule has 0 spiro atoms. The van der Waals surface area contributed by atoms with Crippen LogP contribution in [0.1, 0.15) is 30.5 Å². The quantitative estimate of drug-likeness (QED) is 0.908. The first-order valence-corrected chi connectivity index (χ1v) is 6.84. The summed E-state index contributed by atoms with van der Waals surface area (Å²) in [5.41, 5.74) is 8.00. The van der Waals surface area contributed by atoms with E-state index in [-0.39, 0.29) is 18.0 Å². The molecule has 1 aromatic rings. The van der Waals surface area contributed by atoms with Crippen molar-refractivity contribution in [1.82, 2.24) is 4.90 Å². The molecule has 2 N–H and O–H groups in total. The highest BCUT2D eigenvalue weighted by molar-refractivity contribution is 5.30. The Kier molecular flexibility index (Phi) is 4.55. The summed E-state index contributed by atoms with van der Waals surface area (Å²) < 4.78 is 18.8. The van der Waals surface area contributed by atoms with Crippen LogP contribution < -0.4 is 5.73 Å². The first-order chi connectivity index (χ1) is 9.04. The molecule has 1 aromatic carbocycles. The van der Waals surface area contributed by atoms with Crippen molar-refractivity contribution in [2.24, 2.45) is 5.73 Å². The molecule has 1 aliphatic heterocycles. The zero-order valence-corrected chi connectivity index (χ0v) is 11.9. The number of hydrogen-bond donors (Lipinski definition) is 1. The third kappa shape index (κ3) is 2.96. The molecule has 1 fully saturated rings. The Bertz CT molecular complexity index is 438. The summed E-state index contributed by atoms with van der Waals surface area (Å²) in [4.78, 5) is 2.28. The van der Waals surface area contributed by atoms with Gasteiger partial charge >= 0.3 is 0 Å². The molecule has 106 valence electrons. The molecule has 4 heteroatoms. The number of nitrogens with two attached hydrogens (primary N) is 1. The maximum absolute atomic E-state index is 13.2. The van der Waals surface area contributed by atoms with Crippen molar-refractivity contribution in [1.29, 1.82) is 0 Å². The van der Waals surface area contributed by atoms with Crippen LogP contribution in [-0.2, 0) is 4.74 Å². The minimum atomic E-state index is -0.197. The molecular formula is C15H23FN2O. The average molecular weight is 266 g/mol. The largest absolute Gasteiger partial charge is 0.377 e. The summed E-state index contributed by atoms with van der Waals surface area (Å²) in [7, 11) is 2.08. The van der Waals surface area contributed by atoms with Gasteiger partial charge in [0.15, 0.2) is 0 Å². The molecular weight excluding hydrogens is 243 g/mol. The minimum absolute atomic E-state index is 0.106. The van der Waals surface area contributed by atoms with E-state index in [9.17, 15) is 4.39 Å². The Hall–Kier alpha value is -0.970. The Balaban J connectivity index is 2.23. The lowest BCUT2D eigenvalue weighted by molar-refractivity contribution is 0.0684. The first kappa shape index (κ1) is 14.4. The van der Waals surface area contributed by atoms with E-state index in [0.29, 0.717) is 12.6 Å². The smallest absolute Gasteiger partial charge is 0.123 e. The van der Waals surface area contributed by atoms with Crippen molar-refractivity contribution >= 4 is 0 Å². The van der Waals surface area contributed by atoms with Crippen molar-refractivity contribution in [2.75, 3.05) is 20.2 Å². The lowest BCUT2D eigenvalue weighted by Gasteiger charge is -2.34. The molecule has 1 saturated heterocycles. The summed E-state index contributed by atoms with van der Waals surface area (Å²) in [5, 5.41) is 0. The van der Waals surface area contributed by atoms with Crippen molar-refractivity contribution < 1.29 is 9.13 Å². The van der Waals surface area contributed by atoms with Gasteiger partial charge in [0.2, 0.25) is 0 Å². The van der Waals surface area contributed by atoms with Gasteiger partial charge in [-0.05, 0) is 50.6 Å². The van der Waals surface area contributed by atoms with E-state index in [1.165, 1.54) is 6.07 Å². The highest BCUT2D eigenvalue weighted by atomic mass is 19.1. The zero-order valence-electron chi connectivity index (χ0n) is 11.9. The molecule has 3 atom stereocenters. The van der Waals surface area contributed by atoms with Crippen LogP contribution in [0.25, 0.3) is 0 Å². The molecule has 0 amide bonds. The van der Waals surface area contributed by atoms with E-state index in [2.05, 4.69) is 18.9 Å². The van der Waals surface area contributed by atoms with Crippen LogP contribution in [0.2, 0.25) is 0 Å². The molecule has 3 nitrogen and oxygen atoms in total. The SMILES string of the molecule is Cc1cc(F)ccc1C(CN)N(C)C1CCOC1C. The zero-order chi connectivity index (χ0) is 14.0. The fourth-order valence-corrected chi connectivity index (χ4v) is 3.01. The number of benzene rings is 1. The Morgan fingerprint density at radius 3 is 2.79 bits per heavy atom. The summed E-state index contributed by atoms with van der Waals surface area (Å²) in [6, 6.07) is 5.40. The van der Waals surface area contributed by atoms with Crippen LogP contribution in [0, 0.1) is 12.7 Å². The maximum atomic E-state index is 13.2. The van der Waals surface area contributed by atoms with Crippen LogP contribution in [0.3, 0.4) is 0 Å². The third-order valence-electron chi connectivity index (χ3n) is 4.17. The fourth-order valence-electron chi connectivity index (χ4n) is 3.01. The van der Waals surface area contributed by atoms with Crippen LogP contribution in [0.4, 0.5) is 4.39 Å². The third-order valence-corrected chi connectivity index (χ3v) is 4.17. The summed E-state index contributed by atoms with van der Waals surface area (Å²) in [5.74, 6) is -0.197. The van der Waals surface area contributed by atoms with Gasteiger partial charge < -0.3 is 10.5 Å². The summed E-state index contributed by atoms with van der Waals surface area (Å²) in [6.45, 7) is 5.35. The first-order valence-electron chi connectivity index (χ1n) is 6.84. The molecule has 0 saturated carbocycles. The Morgan fingerprint density at radius 1 is 1.53 bits per heavy atom. The predicted octanol–water partition coefficient (Wildman–Crippen LogP) is 2.24.